The number of aromatic nitrogens is 3. The van der Waals surface area contributed by atoms with Gasteiger partial charge in [-0.1, -0.05) is 68.3 Å². The van der Waals surface area contributed by atoms with Crippen molar-refractivity contribution in [1.82, 2.24) is 87.3 Å². The van der Waals surface area contributed by atoms with Crippen LogP contribution in [0.15, 0.2) is 78.3 Å². The Balaban J connectivity index is 1.07. The first-order chi connectivity index (χ1) is 51.8. The number of hydrogen-bond acceptors (Lipinski definition) is 20. The number of fused-ring (bicyclic) bond motifs is 1. The second-order valence-electron chi connectivity index (χ2n) is 27.5. The highest BCUT2D eigenvalue weighted by Gasteiger charge is 2.37. The molecule has 5 heterocycles. The van der Waals surface area contributed by atoms with E-state index >= 15 is 4.79 Å². The standard InChI is InChI=1S/C71H105N21O16/c1-2-3-15-52(81-60(95)40-88-23-19-47(20-24-88)80-59(94)39-89-25-27-90(41-61(96)97)29-31-92(43-63(100)101)32-30-91(28-26-89)42-62(98)99)65(103)87-57-36-58(93)76-21-10-9-17-51(64(72)102)82-68(106)55(34-46-37-78-50-16-8-7-14-49(46)50)85-66(104)53(18-11-22-77-71(73)74)83-67(105)54(33-45-12-5-4-6-13-45)84-69(107)56(86-70(57)108)35-48-38-75-44-79-48/h4-8,12-14,16,37-38,44,47,51-57,78H,2-3,9-11,15,17-36,39-43H2,1H3,(H2,72,102)(H,75,79)(H,76,93)(H,80,94)(H,81,95)(H,82,106)(H,83,105)(H,84,107)(H,85,104)(H,86,108)(H,87,103)(H,96,97)(H,98,99)(H,100,101)(H4,73,74,77). The number of piperidine rings is 1. The SMILES string of the molecule is CCCCC(NC(=O)CN1CCC(NC(=O)CN2CCN(CC(=O)O)CCN(CC(=O)O)CCN(CC(=O)O)CC2)CC1)C(=O)NC1CC(=O)NCCCCC(C(N)=O)NC(=O)C(Cc2c[nH]c3ccccc23)NC(=O)C(CCCN=C(N)N)NC(=O)C(Cc2ccccc2)NC(=O)C(Cc2cnc[nH]2)NC1=O. The first-order valence-corrected chi connectivity index (χ1v) is 36.6. The maximum absolute atomic E-state index is 15.0. The van der Waals surface area contributed by atoms with Crippen molar-refractivity contribution in [1.29, 1.82) is 0 Å². The molecular formula is C71H105N21O16. The molecule has 0 radical (unpaired) electrons. The van der Waals surface area contributed by atoms with Crippen molar-refractivity contribution in [3.05, 3.63) is 90.1 Å². The fourth-order valence-corrected chi connectivity index (χ4v) is 13.1. The van der Waals surface area contributed by atoms with Crippen LogP contribution in [-0.2, 0) is 81.6 Å². The summed E-state index contributed by atoms with van der Waals surface area (Å²) in [5.74, 6) is -11.2. The highest BCUT2D eigenvalue weighted by atomic mass is 16.4. The molecule has 7 unspecified atom stereocenters. The number of nitrogens with zero attached hydrogens (tertiary/aromatic N) is 7. The average molecular weight is 1510 g/mol. The van der Waals surface area contributed by atoms with Crippen LogP contribution in [-0.4, -0.2) is 297 Å². The molecule has 37 heteroatoms. The van der Waals surface area contributed by atoms with Gasteiger partial charge in [0.25, 0.3) is 0 Å². The fraction of sp³-hybridized carbons (Fsp3) is 0.563. The predicted molar refractivity (Wildman–Crippen MR) is 394 cm³/mol. The minimum Gasteiger partial charge on any atom is -0.480 e. The zero-order chi connectivity index (χ0) is 78.1. The molecule has 590 valence electrons. The van der Waals surface area contributed by atoms with Gasteiger partial charge in [-0.25, -0.2) is 4.98 Å². The van der Waals surface area contributed by atoms with Gasteiger partial charge in [0.2, 0.25) is 59.1 Å². The highest BCUT2D eigenvalue weighted by molar-refractivity contribution is 5.99. The Morgan fingerprint density at radius 1 is 0.583 bits per heavy atom. The second kappa shape index (κ2) is 43.9. The van der Waals surface area contributed by atoms with Crippen LogP contribution in [0.2, 0.25) is 0 Å². The number of carbonyl (C=O) groups excluding carboxylic acids is 10. The number of primary amides is 1. The zero-order valence-electron chi connectivity index (χ0n) is 61.0. The molecule has 0 aliphatic carbocycles. The Kier molecular flexibility index (Phi) is 34.4. The number of carboxylic acids is 3. The molecular weight excluding hydrogens is 1400 g/mol. The molecule has 20 N–H and O–H groups in total. The van der Waals surface area contributed by atoms with Gasteiger partial charge < -0.3 is 90.3 Å². The number of benzene rings is 2. The van der Waals surface area contributed by atoms with Crippen LogP contribution in [0.5, 0.6) is 0 Å². The molecule has 10 amide bonds. The molecule has 7 atom stereocenters. The molecule has 7 rings (SSSR count). The number of nitrogens with two attached hydrogens (primary N) is 3. The summed E-state index contributed by atoms with van der Waals surface area (Å²) in [5.41, 5.74) is 19.5. The van der Waals surface area contributed by atoms with E-state index < -0.39 is 120 Å². The van der Waals surface area contributed by atoms with E-state index in [0.717, 1.165) is 10.9 Å². The lowest BCUT2D eigenvalue weighted by molar-refractivity contribution is -0.140. The number of carboxylic acid groups (broad SMARTS) is 3. The van der Waals surface area contributed by atoms with E-state index in [-0.39, 0.29) is 174 Å². The lowest BCUT2D eigenvalue weighted by Gasteiger charge is -2.34. The molecule has 3 aliphatic heterocycles. The van der Waals surface area contributed by atoms with E-state index in [2.05, 4.69) is 67.8 Å². The van der Waals surface area contributed by atoms with Crippen LogP contribution < -0.4 is 65.1 Å². The summed E-state index contributed by atoms with van der Waals surface area (Å²) in [6, 6.07) is 5.58. The molecule has 37 nitrogen and oxygen atoms in total. The maximum Gasteiger partial charge on any atom is 0.317 e. The normalized spacial score (nSPS) is 21.7. The van der Waals surface area contributed by atoms with Gasteiger partial charge in [-0.15, -0.1) is 0 Å². The number of likely N-dealkylation sites (tertiary alicyclic amines) is 1. The number of guanidine groups is 1. The summed E-state index contributed by atoms with van der Waals surface area (Å²) in [4.78, 5) is 202. The lowest BCUT2D eigenvalue weighted by Crippen LogP contribution is -2.61. The Morgan fingerprint density at radius 2 is 1.12 bits per heavy atom. The molecule has 3 saturated heterocycles. The van der Waals surface area contributed by atoms with Crippen LogP contribution in [0.4, 0.5) is 0 Å². The lowest BCUT2D eigenvalue weighted by atomic mass is 10.0. The average Bonchev–Trinajstić information content (AvgIpc) is 1.66. The number of hydrogen-bond donors (Lipinski definition) is 17. The summed E-state index contributed by atoms with van der Waals surface area (Å²) in [6.45, 7) is 3.22. The van der Waals surface area contributed by atoms with Gasteiger partial charge >= 0.3 is 17.9 Å². The van der Waals surface area contributed by atoms with Crippen LogP contribution in [0.3, 0.4) is 0 Å². The van der Waals surface area contributed by atoms with Gasteiger partial charge in [0.05, 0.1) is 45.5 Å². The maximum atomic E-state index is 15.0. The smallest absolute Gasteiger partial charge is 0.317 e. The Labute approximate surface area is 625 Å². The number of nitrogens with one attached hydrogen (secondary N) is 11. The molecule has 3 aliphatic rings. The Morgan fingerprint density at radius 3 is 1.70 bits per heavy atom. The number of H-pyrrole nitrogens is 2. The van der Waals surface area contributed by atoms with Gasteiger partial charge in [-0.2, -0.15) is 0 Å². The number of imidazole rings is 1. The molecule has 0 saturated carbocycles. The van der Waals surface area contributed by atoms with E-state index in [9.17, 15) is 72.9 Å². The summed E-state index contributed by atoms with van der Waals surface area (Å²) in [5, 5.41) is 54.6. The van der Waals surface area contributed by atoms with Gasteiger partial charge in [0, 0.05) is 133 Å². The largest absolute Gasteiger partial charge is 0.480 e. The van der Waals surface area contributed by atoms with Crippen molar-refractivity contribution in [2.45, 2.75) is 145 Å². The summed E-state index contributed by atoms with van der Waals surface area (Å²) in [6.07, 6.45) is 5.68. The molecule has 108 heavy (non-hydrogen) atoms. The highest BCUT2D eigenvalue weighted by Crippen LogP contribution is 2.21. The van der Waals surface area contributed by atoms with E-state index in [1.54, 1.807) is 57.3 Å². The number of aromatic amines is 2. The molecule has 3 fully saturated rings. The van der Waals surface area contributed by atoms with E-state index in [4.69, 9.17) is 17.2 Å². The topological polar surface area (TPSA) is 542 Å². The molecule has 2 aromatic carbocycles. The third kappa shape index (κ3) is 29.6. The zero-order valence-corrected chi connectivity index (χ0v) is 61.0. The summed E-state index contributed by atoms with van der Waals surface area (Å²) < 4.78 is 0. The van der Waals surface area contributed by atoms with E-state index in [1.807, 2.05) is 34.9 Å². The number of unbranched alkanes of at least 4 members (excludes halogenated alkanes) is 1. The van der Waals surface area contributed by atoms with Crippen molar-refractivity contribution < 1.29 is 77.6 Å². The number of amides is 10. The number of aliphatic imine (C=N–C) groups is 1. The van der Waals surface area contributed by atoms with Crippen LogP contribution in [0.1, 0.15) is 94.4 Å². The fourth-order valence-electron chi connectivity index (χ4n) is 13.1. The van der Waals surface area contributed by atoms with E-state index in [0.29, 0.717) is 55.6 Å². The number of rotatable bonds is 28. The molecule has 2 aromatic heterocycles. The van der Waals surface area contributed by atoms with Gasteiger partial charge in [0.1, 0.15) is 42.3 Å². The third-order valence-electron chi connectivity index (χ3n) is 19.0. The van der Waals surface area contributed by atoms with Crippen LogP contribution >= 0.6 is 0 Å². The molecule has 4 aromatic rings. The summed E-state index contributed by atoms with van der Waals surface area (Å²) >= 11 is 0. The van der Waals surface area contributed by atoms with Gasteiger partial charge in [-0.3, -0.25) is 91.8 Å². The predicted octanol–water partition coefficient (Wildman–Crippen LogP) is -4.21. The third-order valence-corrected chi connectivity index (χ3v) is 19.0. The molecule has 0 spiro atoms. The Bertz CT molecular complexity index is 3670. The van der Waals surface area contributed by atoms with Crippen molar-refractivity contribution in [2.75, 3.05) is 111 Å². The quantitative estimate of drug-likeness (QED) is 0.0146. The molecule has 0 bridgehead atoms. The Hall–Kier alpha value is -10.6. The van der Waals surface area contributed by atoms with Gasteiger partial charge in [-0.05, 0) is 68.6 Å². The summed E-state index contributed by atoms with van der Waals surface area (Å²) in [7, 11) is 0. The minimum atomic E-state index is -1.71. The number of aliphatic carboxylic acids is 3. The van der Waals surface area contributed by atoms with Crippen LogP contribution in [0, 0.1) is 0 Å². The minimum absolute atomic E-state index is 0.0139. The number of carbonyl (C=O) groups is 13. The van der Waals surface area contributed by atoms with Crippen LogP contribution in [0.25, 0.3) is 10.9 Å². The number of para-hydroxylation sites is 1. The first kappa shape index (κ1) is 84.6. The van der Waals surface area contributed by atoms with Crippen molar-refractivity contribution in [3.63, 3.8) is 0 Å². The van der Waals surface area contributed by atoms with Crippen molar-refractivity contribution >= 4 is 93.8 Å². The van der Waals surface area contributed by atoms with Gasteiger partial charge in [0.15, 0.2) is 5.96 Å². The van der Waals surface area contributed by atoms with Crippen molar-refractivity contribution in [3.8, 4) is 0 Å². The van der Waals surface area contributed by atoms with Crippen molar-refractivity contribution in [2.24, 2.45) is 22.2 Å². The monoisotopic (exact) mass is 1510 g/mol. The second-order valence-corrected chi connectivity index (χ2v) is 27.5. The van der Waals surface area contributed by atoms with E-state index in [1.165, 1.54) is 12.5 Å². The first-order valence-electron chi connectivity index (χ1n) is 36.6.